The van der Waals surface area contributed by atoms with E-state index >= 15 is 0 Å². The molecule has 0 heterocycles. The Morgan fingerprint density at radius 1 is 1.19 bits per heavy atom. The van der Waals surface area contributed by atoms with Gasteiger partial charge in [-0.1, -0.05) is 36.4 Å². The number of benzene rings is 2. The zero-order chi connectivity index (χ0) is 15.2. The van der Waals surface area contributed by atoms with Crippen LogP contribution in [-0.2, 0) is 6.54 Å². The van der Waals surface area contributed by atoms with Gasteiger partial charge in [-0.05, 0) is 30.2 Å². The molecule has 0 bridgehead atoms. The normalized spacial score (nSPS) is 11.8. The number of anilines is 1. The summed E-state index contributed by atoms with van der Waals surface area (Å²) in [5.74, 6) is -0.478. The molecule has 2 rings (SSSR count). The fraction of sp³-hybridized carbons (Fsp3) is 0.188. The molecule has 0 aliphatic carbocycles. The van der Waals surface area contributed by atoms with E-state index in [1.54, 1.807) is 31.2 Å². The number of hydrogen-bond donors (Lipinski definition) is 3. The summed E-state index contributed by atoms with van der Waals surface area (Å²) < 4.78 is 13.4. The van der Waals surface area contributed by atoms with E-state index in [1.165, 1.54) is 12.1 Å². The molecule has 21 heavy (non-hydrogen) atoms. The number of carbonyl (C=O) groups excluding carboxylic acids is 1. The molecular weight excluding hydrogens is 271 g/mol. The molecule has 2 amide bonds. The summed E-state index contributed by atoms with van der Waals surface area (Å²) in [5, 5.41) is 14.5. The predicted octanol–water partition coefficient (Wildman–Crippen LogP) is 3.20. The van der Waals surface area contributed by atoms with Crippen LogP contribution >= 0.6 is 0 Å². The SMILES string of the molecule is C[C@@H](O)c1ccc(CNC(=O)Nc2ccccc2F)cc1. The van der Waals surface area contributed by atoms with Gasteiger partial charge in [0, 0.05) is 6.54 Å². The van der Waals surface area contributed by atoms with Crippen molar-refractivity contribution >= 4 is 11.7 Å². The number of carbonyl (C=O) groups is 1. The topological polar surface area (TPSA) is 61.4 Å². The van der Waals surface area contributed by atoms with Crippen molar-refractivity contribution in [2.45, 2.75) is 19.6 Å². The van der Waals surface area contributed by atoms with Crippen LogP contribution in [0.4, 0.5) is 14.9 Å². The van der Waals surface area contributed by atoms with Crippen LogP contribution in [0.5, 0.6) is 0 Å². The maximum absolute atomic E-state index is 13.4. The lowest BCUT2D eigenvalue weighted by Crippen LogP contribution is -2.28. The van der Waals surface area contributed by atoms with Gasteiger partial charge >= 0.3 is 6.03 Å². The van der Waals surface area contributed by atoms with E-state index in [4.69, 9.17) is 0 Å². The Morgan fingerprint density at radius 2 is 1.86 bits per heavy atom. The number of halogens is 1. The molecule has 4 nitrogen and oxygen atoms in total. The molecule has 5 heteroatoms. The zero-order valence-electron chi connectivity index (χ0n) is 11.6. The molecule has 0 spiro atoms. The quantitative estimate of drug-likeness (QED) is 0.809. The fourth-order valence-electron chi connectivity index (χ4n) is 1.83. The first-order valence-corrected chi connectivity index (χ1v) is 6.62. The molecule has 3 N–H and O–H groups in total. The Hall–Kier alpha value is -2.40. The largest absolute Gasteiger partial charge is 0.389 e. The minimum Gasteiger partial charge on any atom is -0.389 e. The van der Waals surface area contributed by atoms with E-state index in [9.17, 15) is 14.3 Å². The molecule has 2 aromatic rings. The second kappa shape index (κ2) is 6.85. The maximum Gasteiger partial charge on any atom is 0.319 e. The molecule has 0 saturated heterocycles. The Balaban J connectivity index is 1.88. The number of hydrogen-bond acceptors (Lipinski definition) is 2. The molecule has 0 aromatic heterocycles. The third kappa shape index (κ3) is 4.29. The third-order valence-corrected chi connectivity index (χ3v) is 3.04. The highest BCUT2D eigenvalue weighted by Gasteiger charge is 2.06. The van der Waals surface area contributed by atoms with Crippen molar-refractivity contribution in [1.29, 1.82) is 0 Å². The zero-order valence-corrected chi connectivity index (χ0v) is 11.6. The molecule has 1 atom stereocenters. The first-order chi connectivity index (χ1) is 10.1. The van der Waals surface area contributed by atoms with Crippen molar-refractivity contribution < 1.29 is 14.3 Å². The molecule has 0 fully saturated rings. The Kier molecular flexibility index (Phi) is 4.90. The third-order valence-electron chi connectivity index (χ3n) is 3.04. The van der Waals surface area contributed by atoms with Crippen LogP contribution in [0.1, 0.15) is 24.2 Å². The molecule has 0 aliphatic rings. The lowest BCUT2D eigenvalue weighted by molar-refractivity contribution is 0.199. The number of rotatable bonds is 4. The number of urea groups is 1. The van der Waals surface area contributed by atoms with Crippen molar-refractivity contribution in [1.82, 2.24) is 5.32 Å². The monoisotopic (exact) mass is 288 g/mol. The molecule has 2 aromatic carbocycles. The highest BCUT2D eigenvalue weighted by atomic mass is 19.1. The maximum atomic E-state index is 13.4. The highest BCUT2D eigenvalue weighted by molar-refractivity contribution is 5.89. The lowest BCUT2D eigenvalue weighted by Gasteiger charge is -2.09. The van der Waals surface area contributed by atoms with Gasteiger partial charge in [-0.3, -0.25) is 0 Å². The van der Waals surface area contributed by atoms with Crippen LogP contribution in [0.3, 0.4) is 0 Å². The molecule has 0 aliphatic heterocycles. The van der Waals surface area contributed by atoms with Crippen LogP contribution in [0.2, 0.25) is 0 Å². The molecule has 0 unspecified atom stereocenters. The molecule has 0 saturated carbocycles. The highest BCUT2D eigenvalue weighted by Crippen LogP contribution is 2.13. The van der Waals surface area contributed by atoms with Crippen molar-refractivity contribution in [2.75, 3.05) is 5.32 Å². The summed E-state index contributed by atoms with van der Waals surface area (Å²) in [5.41, 5.74) is 1.84. The number of aliphatic hydroxyl groups excluding tert-OH is 1. The van der Waals surface area contributed by atoms with Gasteiger partial charge in [0.1, 0.15) is 5.82 Å². The van der Waals surface area contributed by atoms with Crippen molar-refractivity contribution in [3.05, 3.63) is 65.5 Å². The van der Waals surface area contributed by atoms with Crippen LogP contribution in [0.25, 0.3) is 0 Å². The van der Waals surface area contributed by atoms with Gasteiger partial charge in [0.2, 0.25) is 0 Å². The average molecular weight is 288 g/mol. The number of amides is 2. The van der Waals surface area contributed by atoms with Gasteiger partial charge in [-0.25, -0.2) is 9.18 Å². The first kappa shape index (κ1) is 15.0. The van der Waals surface area contributed by atoms with E-state index in [-0.39, 0.29) is 5.69 Å². The van der Waals surface area contributed by atoms with E-state index in [0.29, 0.717) is 6.54 Å². The number of aliphatic hydroxyl groups is 1. The van der Waals surface area contributed by atoms with Crippen LogP contribution in [0.15, 0.2) is 48.5 Å². The summed E-state index contributed by atoms with van der Waals surface area (Å²) in [6.45, 7) is 2.01. The number of para-hydroxylation sites is 1. The summed E-state index contributed by atoms with van der Waals surface area (Å²) in [4.78, 5) is 11.7. The van der Waals surface area contributed by atoms with Gasteiger partial charge < -0.3 is 15.7 Å². The summed E-state index contributed by atoms with van der Waals surface area (Å²) in [6.07, 6.45) is -0.517. The van der Waals surface area contributed by atoms with Gasteiger partial charge in [0.05, 0.1) is 11.8 Å². The van der Waals surface area contributed by atoms with Crippen LogP contribution in [0, 0.1) is 5.82 Å². The smallest absolute Gasteiger partial charge is 0.319 e. The van der Waals surface area contributed by atoms with Crippen molar-refractivity contribution in [3.8, 4) is 0 Å². The first-order valence-electron chi connectivity index (χ1n) is 6.62. The van der Waals surface area contributed by atoms with Crippen LogP contribution in [-0.4, -0.2) is 11.1 Å². The minimum atomic E-state index is -0.517. The van der Waals surface area contributed by atoms with Crippen molar-refractivity contribution in [3.63, 3.8) is 0 Å². The van der Waals surface area contributed by atoms with Gasteiger partial charge in [-0.15, -0.1) is 0 Å². The van der Waals surface area contributed by atoms with Crippen molar-refractivity contribution in [2.24, 2.45) is 0 Å². The Bertz CT molecular complexity index is 612. The summed E-state index contributed by atoms with van der Waals surface area (Å²) >= 11 is 0. The van der Waals surface area contributed by atoms with Crippen LogP contribution < -0.4 is 10.6 Å². The lowest BCUT2D eigenvalue weighted by atomic mass is 10.1. The number of nitrogens with one attached hydrogen (secondary N) is 2. The second-order valence-electron chi connectivity index (χ2n) is 4.71. The molecular formula is C16H17FN2O2. The van der Waals surface area contributed by atoms with Gasteiger partial charge in [0.25, 0.3) is 0 Å². The second-order valence-corrected chi connectivity index (χ2v) is 4.71. The minimum absolute atomic E-state index is 0.138. The van der Waals surface area contributed by atoms with Gasteiger partial charge in [0.15, 0.2) is 0 Å². The Morgan fingerprint density at radius 3 is 2.48 bits per heavy atom. The van der Waals surface area contributed by atoms with E-state index in [1.807, 2.05) is 12.1 Å². The predicted molar refractivity (Wildman–Crippen MR) is 79.3 cm³/mol. The molecule has 0 radical (unpaired) electrons. The standard InChI is InChI=1S/C16H17FN2O2/c1-11(20)13-8-6-12(7-9-13)10-18-16(21)19-15-5-3-2-4-14(15)17/h2-9,11,20H,10H2,1H3,(H2,18,19,21)/t11-/m1/s1. The summed E-state index contributed by atoms with van der Waals surface area (Å²) in [6, 6.07) is 12.8. The molecule has 110 valence electrons. The van der Waals surface area contributed by atoms with E-state index < -0.39 is 18.0 Å². The van der Waals surface area contributed by atoms with E-state index in [2.05, 4.69) is 10.6 Å². The fourth-order valence-corrected chi connectivity index (χ4v) is 1.83. The average Bonchev–Trinajstić information content (AvgIpc) is 2.48. The van der Waals surface area contributed by atoms with Gasteiger partial charge in [-0.2, -0.15) is 0 Å². The summed E-state index contributed by atoms with van der Waals surface area (Å²) in [7, 11) is 0. The van der Waals surface area contributed by atoms with E-state index in [0.717, 1.165) is 11.1 Å². The Labute approximate surface area is 122 Å².